The van der Waals surface area contributed by atoms with Crippen molar-refractivity contribution in [3.63, 3.8) is 0 Å². The second-order valence-corrected chi connectivity index (χ2v) is 11.5. The van der Waals surface area contributed by atoms with Gasteiger partial charge in [-0.2, -0.15) is 0 Å². The van der Waals surface area contributed by atoms with Crippen molar-refractivity contribution in [3.05, 3.63) is 70.8 Å². The molecule has 2 unspecified atom stereocenters. The molecule has 0 aliphatic heterocycles. The Morgan fingerprint density at radius 2 is 1.62 bits per heavy atom. The summed E-state index contributed by atoms with van der Waals surface area (Å²) < 4.78 is 5.46. The van der Waals surface area contributed by atoms with E-state index in [1.807, 2.05) is 76.2 Å². The van der Waals surface area contributed by atoms with Gasteiger partial charge >= 0.3 is 6.09 Å². The normalized spacial score (nSPS) is 12.9. The summed E-state index contributed by atoms with van der Waals surface area (Å²) >= 11 is 0. The van der Waals surface area contributed by atoms with Gasteiger partial charge in [-0.3, -0.25) is 9.59 Å². The van der Waals surface area contributed by atoms with Crippen LogP contribution in [0.25, 0.3) is 0 Å². The quantitative estimate of drug-likeness (QED) is 0.314. The number of carbonyl (C=O) groups excluding carboxylic acids is 3. The first kappa shape index (κ1) is 31.9. The number of unbranched alkanes of at least 4 members (excludes halogenated alkanes) is 2. The van der Waals surface area contributed by atoms with Crippen LogP contribution in [0, 0.1) is 19.8 Å². The summed E-state index contributed by atoms with van der Waals surface area (Å²) in [5.41, 5.74) is 3.06. The Labute approximate surface area is 234 Å². The first-order valence-corrected chi connectivity index (χ1v) is 14.0. The van der Waals surface area contributed by atoms with E-state index in [-0.39, 0.29) is 17.7 Å². The van der Waals surface area contributed by atoms with Gasteiger partial charge in [0.2, 0.25) is 11.8 Å². The van der Waals surface area contributed by atoms with Gasteiger partial charge in [-0.05, 0) is 69.2 Å². The molecule has 7 heteroatoms. The second-order valence-electron chi connectivity index (χ2n) is 11.5. The lowest BCUT2D eigenvalue weighted by Gasteiger charge is -2.36. The Hall–Kier alpha value is -3.35. The van der Waals surface area contributed by atoms with Crippen molar-refractivity contribution >= 4 is 17.9 Å². The van der Waals surface area contributed by atoms with Crippen molar-refractivity contribution in [3.8, 4) is 0 Å². The monoisotopic (exact) mass is 537 g/mol. The first-order valence-electron chi connectivity index (χ1n) is 14.0. The van der Waals surface area contributed by atoms with E-state index in [1.54, 1.807) is 25.7 Å². The van der Waals surface area contributed by atoms with E-state index in [2.05, 4.69) is 17.6 Å². The van der Waals surface area contributed by atoms with Crippen LogP contribution in [0.3, 0.4) is 0 Å². The third-order valence-corrected chi connectivity index (χ3v) is 6.70. The molecule has 39 heavy (non-hydrogen) atoms. The summed E-state index contributed by atoms with van der Waals surface area (Å²) in [6.45, 7) is 15.9. The SMILES string of the molecule is CCCCCN(C(=O)C(NC(=O)OC(C)(C)C)C(C)C)C(C(=O)NCc1ccccc1)c1cccc(C)c1C. The van der Waals surface area contributed by atoms with Crippen molar-refractivity contribution in [2.75, 3.05) is 6.54 Å². The Morgan fingerprint density at radius 3 is 2.21 bits per heavy atom. The average Bonchev–Trinajstić information content (AvgIpc) is 2.86. The number of hydrogen-bond donors (Lipinski definition) is 2. The zero-order chi connectivity index (χ0) is 29.2. The number of nitrogens with one attached hydrogen (secondary N) is 2. The molecule has 2 aromatic carbocycles. The molecule has 3 amide bonds. The summed E-state index contributed by atoms with van der Waals surface area (Å²) in [5.74, 6) is -0.768. The minimum Gasteiger partial charge on any atom is -0.444 e. The molecule has 0 heterocycles. The molecule has 2 aromatic rings. The van der Waals surface area contributed by atoms with Crippen LogP contribution < -0.4 is 10.6 Å². The lowest BCUT2D eigenvalue weighted by molar-refractivity contribution is -0.143. The Balaban J connectivity index is 2.51. The van der Waals surface area contributed by atoms with Gasteiger partial charge < -0.3 is 20.3 Å². The van der Waals surface area contributed by atoms with E-state index in [9.17, 15) is 14.4 Å². The van der Waals surface area contributed by atoms with Crippen molar-refractivity contribution in [1.82, 2.24) is 15.5 Å². The largest absolute Gasteiger partial charge is 0.444 e. The molecule has 2 N–H and O–H groups in total. The highest BCUT2D eigenvalue weighted by atomic mass is 16.6. The fourth-order valence-corrected chi connectivity index (χ4v) is 4.43. The highest BCUT2D eigenvalue weighted by Gasteiger charge is 2.38. The fourth-order valence-electron chi connectivity index (χ4n) is 4.43. The Bertz CT molecular complexity index is 1090. The van der Waals surface area contributed by atoms with E-state index in [1.165, 1.54) is 0 Å². The highest BCUT2D eigenvalue weighted by Crippen LogP contribution is 2.29. The van der Waals surface area contributed by atoms with Crippen LogP contribution in [0.15, 0.2) is 48.5 Å². The smallest absolute Gasteiger partial charge is 0.408 e. The van der Waals surface area contributed by atoms with E-state index >= 15 is 0 Å². The van der Waals surface area contributed by atoms with Crippen molar-refractivity contribution < 1.29 is 19.1 Å². The molecule has 0 aliphatic carbocycles. The molecule has 0 bridgehead atoms. The molecule has 0 aromatic heterocycles. The number of aryl methyl sites for hydroxylation is 1. The molecule has 0 radical (unpaired) electrons. The molecule has 0 spiro atoms. The lowest BCUT2D eigenvalue weighted by Crippen LogP contribution is -2.55. The van der Waals surface area contributed by atoms with Crippen LogP contribution >= 0.6 is 0 Å². The van der Waals surface area contributed by atoms with Gasteiger partial charge in [0, 0.05) is 13.1 Å². The van der Waals surface area contributed by atoms with Gasteiger partial charge in [-0.25, -0.2) is 4.79 Å². The van der Waals surface area contributed by atoms with Gasteiger partial charge in [-0.1, -0.05) is 82.1 Å². The maximum atomic E-state index is 14.2. The number of nitrogens with zero attached hydrogens (tertiary/aromatic N) is 1. The van der Waals surface area contributed by atoms with Crippen LogP contribution in [0.5, 0.6) is 0 Å². The van der Waals surface area contributed by atoms with Crippen molar-refractivity contribution in [2.24, 2.45) is 5.92 Å². The zero-order valence-electron chi connectivity index (χ0n) is 25.0. The number of amides is 3. The van der Waals surface area contributed by atoms with Crippen LogP contribution in [-0.2, 0) is 20.9 Å². The van der Waals surface area contributed by atoms with Crippen molar-refractivity contribution in [2.45, 2.75) is 98.9 Å². The molecular weight excluding hydrogens is 490 g/mol. The van der Waals surface area contributed by atoms with Crippen LogP contribution in [0.1, 0.15) is 89.1 Å². The molecule has 0 fully saturated rings. The number of hydrogen-bond acceptors (Lipinski definition) is 4. The lowest BCUT2D eigenvalue weighted by atomic mass is 9.93. The molecule has 0 aliphatic rings. The summed E-state index contributed by atoms with van der Waals surface area (Å²) in [6, 6.07) is 13.8. The number of alkyl carbamates (subject to hydrolysis) is 1. The van der Waals surface area contributed by atoms with Gasteiger partial charge in [-0.15, -0.1) is 0 Å². The van der Waals surface area contributed by atoms with Crippen molar-refractivity contribution in [1.29, 1.82) is 0 Å². The molecule has 214 valence electrons. The number of benzene rings is 2. The maximum absolute atomic E-state index is 14.2. The third-order valence-electron chi connectivity index (χ3n) is 6.70. The van der Waals surface area contributed by atoms with Crippen LogP contribution in [-0.4, -0.2) is 41.0 Å². The van der Waals surface area contributed by atoms with E-state index in [4.69, 9.17) is 4.74 Å². The maximum Gasteiger partial charge on any atom is 0.408 e. The van der Waals surface area contributed by atoms with E-state index in [0.717, 1.165) is 41.5 Å². The highest BCUT2D eigenvalue weighted by molar-refractivity contribution is 5.92. The number of rotatable bonds is 12. The minimum absolute atomic E-state index is 0.217. The average molecular weight is 538 g/mol. The molecular formula is C32H47N3O4. The van der Waals surface area contributed by atoms with E-state index < -0.39 is 23.8 Å². The molecule has 2 rings (SSSR count). The summed E-state index contributed by atoms with van der Waals surface area (Å²) in [4.78, 5) is 42.6. The van der Waals surface area contributed by atoms with E-state index in [0.29, 0.717) is 13.1 Å². The van der Waals surface area contributed by atoms with Gasteiger partial charge in [0.05, 0.1) is 0 Å². The minimum atomic E-state index is -0.851. The molecule has 2 atom stereocenters. The number of ether oxygens (including phenoxy) is 1. The summed E-state index contributed by atoms with van der Waals surface area (Å²) in [7, 11) is 0. The second kappa shape index (κ2) is 14.7. The number of carbonyl (C=O) groups is 3. The third kappa shape index (κ3) is 9.72. The fraction of sp³-hybridized carbons (Fsp3) is 0.531. The van der Waals surface area contributed by atoms with Gasteiger partial charge in [0.1, 0.15) is 17.7 Å². The molecule has 0 saturated heterocycles. The Kier molecular flexibility index (Phi) is 12.0. The van der Waals surface area contributed by atoms with Gasteiger partial charge in [0.25, 0.3) is 0 Å². The molecule has 7 nitrogen and oxygen atoms in total. The Morgan fingerprint density at radius 1 is 0.949 bits per heavy atom. The summed E-state index contributed by atoms with van der Waals surface area (Å²) in [6.07, 6.45) is 1.98. The zero-order valence-corrected chi connectivity index (χ0v) is 25.0. The first-order chi connectivity index (χ1) is 18.4. The van der Waals surface area contributed by atoms with Crippen LogP contribution in [0.4, 0.5) is 4.79 Å². The molecule has 0 saturated carbocycles. The van der Waals surface area contributed by atoms with Crippen LogP contribution in [0.2, 0.25) is 0 Å². The standard InChI is InChI=1S/C32H47N3O4/c1-9-10-14-20-35(30(37)27(22(2)3)34-31(38)39-32(6,7)8)28(26-19-15-16-23(4)24(26)5)29(36)33-21-25-17-12-11-13-18-25/h11-13,15-19,22,27-28H,9-10,14,20-21H2,1-8H3,(H,33,36)(H,34,38). The predicted octanol–water partition coefficient (Wildman–Crippen LogP) is 6.23. The predicted molar refractivity (Wildman–Crippen MR) is 156 cm³/mol. The topological polar surface area (TPSA) is 87.7 Å². The summed E-state index contributed by atoms with van der Waals surface area (Å²) in [5, 5.41) is 5.85. The van der Waals surface area contributed by atoms with Gasteiger partial charge in [0.15, 0.2) is 0 Å².